The van der Waals surface area contributed by atoms with E-state index in [1.54, 1.807) is 55.5 Å². The first-order valence-corrected chi connectivity index (χ1v) is 17.0. The first-order valence-electron chi connectivity index (χ1n) is 15.6. The number of aryl methyl sites for hydroxylation is 2. The van der Waals surface area contributed by atoms with Crippen molar-refractivity contribution in [3.05, 3.63) is 125 Å². The molecule has 4 aromatic rings. The summed E-state index contributed by atoms with van der Waals surface area (Å²) in [5.74, 6) is -1.41. The van der Waals surface area contributed by atoms with E-state index in [-0.39, 0.29) is 40.9 Å². The zero-order valence-corrected chi connectivity index (χ0v) is 28.3. The highest BCUT2D eigenvalue weighted by Crippen LogP contribution is 2.34. The fourth-order valence-corrected chi connectivity index (χ4v) is 6.57. The van der Waals surface area contributed by atoms with Crippen molar-refractivity contribution in [2.45, 2.75) is 64.1 Å². The molecule has 2 atom stereocenters. The summed E-state index contributed by atoms with van der Waals surface area (Å²) in [5.41, 5.74) is 2.75. The van der Waals surface area contributed by atoms with Crippen molar-refractivity contribution in [2.24, 2.45) is 0 Å². The number of hydrogen-bond acceptors (Lipinski definition) is 5. The Kier molecular flexibility index (Phi) is 11.8. The van der Waals surface area contributed by atoms with E-state index in [9.17, 15) is 18.0 Å². The zero-order valence-electron chi connectivity index (χ0n) is 27.4. The molecule has 0 aliphatic carbocycles. The van der Waals surface area contributed by atoms with Gasteiger partial charge in [-0.1, -0.05) is 79.2 Å². The third kappa shape index (κ3) is 8.77. The molecule has 0 heterocycles. The van der Waals surface area contributed by atoms with Gasteiger partial charge in [0.1, 0.15) is 24.2 Å². The molecule has 10 heteroatoms. The van der Waals surface area contributed by atoms with Gasteiger partial charge in [-0.05, 0) is 68.7 Å². The summed E-state index contributed by atoms with van der Waals surface area (Å²) >= 11 is 0. The van der Waals surface area contributed by atoms with Gasteiger partial charge in [0.25, 0.3) is 10.0 Å². The average molecular weight is 660 g/mol. The van der Waals surface area contributed by atoms with E-state index in [1.807, 2.05) is 51.1 Å². The summed E-state index contributed by atoms with van der Waals surface area (Å²) in [6.07, 6.45) is 0.780. The van der Waals surface area contributed by atoms with E-state index in [1.165, 1.54) is 30.2 Å². The van der Waals surface area contributed by atoms with Crippen LogP contribution in [0.3, 0.4) is 0 Å². The van der Waals surface area contributed by atoms with Crippen LogP contribution in [0.5, 0.6) is 5.75 Å². The number of anilines is 1. The highest BCUT2D eigenvalue weighted by molar-refractivity contribution is 7.92. The summed E-state index contributed by atoms with van der Waals surface area (Å²) in [4.78, 5) is 29.8. The van der Waals surface area contributed by atoms with Crippen molar-refractivity contribution in [1.82, 2.24) is 10.2 Å². The van der Waals surface area contributed by atoms with Crippen molar-refractivity contribution in [3.8, 4) is 5.75 Å². The Morgan fingerprint density at radius 2 is 1.53 bits per heavy atom. The first-order chi connectivity index (χ1) is 22.4. The maximum Gasteiger partial charge on any atom is 0.264 e. The van der Waals surface area contributed by atoms with Crippen molar-refractivity contribution < 1.29 is 27.1 Å². The Balaban J connectivity index is 1.87. The fourth-order valence-electron chi connectivity index (χ4n) is 5.15. The van der Waals surface area contributed by atoms with Gasteiger partial charge in [-0.2, -0.15) is 0 Å². The fraction of sp³-hybridized carbons (Fsp3) is 0.297. The lowest BCUT2D eigenvalue weighted by atomic mass is 10.0. The van der Waals surface area contributed by atoms with Gasteiger partial charge in [0.15, 0.2) is 0 Å². The zero-order chi connectivity index (χ0) is 34.1. The highest BCUT2D eigenvalue weighted by Gasteiger charge is 2.36. The number of nitrogens with zero attached hydrogens (tertiary/aromatic N) is 2. The van der Waals surface area contributed by atoms with Crippen LogP contribution in [0, 0.1) is 19.7 Å². The van der Waals surface area contributed by atoms with E-state index >= 15 is 4.39 Å². The molecule has 2 amide bonds. The van der Waals surface area contributed by atoms with Gasteiger partial charge < -0.3 is 15.0 Å². The Bertz CT molecular complexity index is 1780. The smallest absolute Gasteiger partial charge is 0.264 e. The predicted molar refractivity (Wildman–Crippen MR) is 182 cm³/mol. The van der Waals surface area contributed by atoms with E-state index < -0.39 is 40.2 Å². The molecule has 0 radical (unpaired) electrons. The maximum atomic E-state index is 15.1. The van der Waals surface area contributed by atoms with E-state index in [4.69, 9.17) is 4.74 Å². The quantitative estimate of drug-likeness (QED) is 0.174. The molecular formula is C37H42FN3O5S. The van der Waals surface area contributed by atoms with Crippen molar-refractivity contribution >= 4 is 27.5 Å². The molecule has 4 aromatic carbocycles. The Morgan fingerprint density at radius 1 is 0.894 bits per heavy atom. The number of carbonyl (C=O) groups excluding carboxylic acids is 2. The van der Waals surface area contributed by atoms with Gasteiger partial charge in [0, 0.05) is 24.6 Å². The van der Waals surface area contributed by atoms with E-state index in [2.05, 4.69) is 5.32 Å². The predicted octanol–water partition coefficient (Wildman–Crippen LogP) is 6.20. The largest absolute Gasteiger partial charge is 0.495 e. The first kappa shape index (κ1) is 35.2. The molecule has 0 aromatic heterocycles. The van der Waals surface area contributed by atoms with Gasteiger partial charge in [-0.15, -0.1) is 0 Å². The molecule has 8 nitrogen and oxygen atoms in total. The third-order valence-corrected chi connectivity index (χ3v) is 9.84. The normalized spacial score (nSPS) is 12.6. The summed E-state index contributed by atoms with van der Waals surface area (Å²) in [5, 5.41) is 2.98. The topological polar surface area (TPSA) is 96.0 Å². The molecule has 0 fully saturated rings. The minimum atomic E-state index is -4.33. The molecule has 0 unspecified atom stereocenters. The summed E-state index contributed by atoms with van der Waals surface area (Å²) in [6, 6.07) is 25.4. The lowest BCUT2D eigenvalue weighted by Gasteiger charge is -2.34. The molecule has 1 N–H and O–H groups in total. The molecule has 0 saturated heterocycles. The number of nitrogens with one attached hydrogen (secondary N) is 1. The van der Waals surface area contributed by atoms with Gasteiger partial charge >= 0.3 is 0 Å². The second kappa shape index (κ2) is 15.7. The minimum Gasteiger partial charge on any atom is -0.495 e. The summed E-state index contributed by atoms with van der Waals surface area (Å²) < 4.78 is 50.4. The van der Waals surface area contributed by atoms with Gasteiger partial charge in [-0.3, -0.25) is 13.9 Å². The van der Waals surface area contributed by atoms with Crippen LogP contribution in [0.1, 0.15) is 42.5 Å². The number of benzene rings is 4. The molecule has 0 aliphatic heterocycles. The monoisotopic (exact) mass is 659 g/mol. The molecule has 0 bridgehead atoms. The van der Waals surface area contributed by atoms with Crippen LogP contribution in [0.25, 0.3) is 0 Å². The lowest BCUT2D eigenvalue weighted by molar-refractivity contribution is -0.140. The van der Waals surface area contributed by atoms with Crippen molar-refractivity contribution in [1.29, 1.82) is 0 Å². The molecule has 4 rings (SSSR count). The third-order valence-electron chi connectivity index (χ3n) is 8.06. The molecule has 47 heavy (non-hydrogen) atoms. The number of sulfonamides is 1. The van der Waals surface area contributed by atoms with Crippen LogP contribution < -0.4 is 14.4 Å². The molecule has 0 saturated carbocycles. The van der Waals surface area contributed by atoms with Crippen LogP contribution >= 0.6 is 0 Å². The van der Waals surface area contributed by atoms with Crippen LogP contribution in [-0.4, -0.2) is 50.9 Å². The number of rotatable bonds is 14. The Labute approximate surface area is 277 Å². The van der Waals surface area contributed by atoms with Crippen LogP contribution in [0.2, 0.25) is 0 Å². The van der Waals surface area contributed by atoms with Crippen molar-refractivity contribution in [2.75, 3.05) is 18.0 Å². The number of halogens is 1. The lowest BCUT2D eigenvalue weighted by Crippen LogP contribution is -2.54. The summed E-state index contributed by atoms with van der Waals surface area (Å²) in [6.45, 7) is 6.51. The molecule has 0 aliphatic rings. The molecular weight excluding hydrogens is 617 g/mol. The highest BCUT2D eigenvalue weighted by atomic mass is 32.2. The average Bonchev–Trinajstić information content (AvgIpc) is 3.06. The van der Waals surface area contributed by atoms with Crippen LogP contribution in [0.15, 0.2) is 102 Å². The number of amides is 2. The number of carbonyl (C=O) groups is 2. The Hall–Kier alpha value is -4.70. The summed E-state index contributed by atoms with van der Waals surface area (Å²) in [7, 11) is -2.90. The van der Waals surface area contributed by atoms with Crippen molar-refractivity contribution in [3.63, 3.8) is 0 Å². The van der Waals surface area contributed by atoms with Crippen LogP contribution in [-0.2, 0) is 32.6 Å². The Morgan fingerprint density at radius 3 is 2.17 bits per heavy atom. The van der Waals surface area contributed by atoms with Gasteiger partial charge in [-0.25, -0.2) is 12.8 Å². The molecule has 0 spiro atoms. The number of methoxy groups -OCH3 is 1. The molecule has 248 valence electrons. The second-order valence-corrected chi connectivity index (χ2v) is 13.5. The SMILES string of the molecule is CC[C@H](C)NC(=O)[C@@H](Cc1ccccc1)N(Cc1ccccc1F)C(=O)CN(c1cc(C)ccc1OC)S(=O)(=O)c1ccc(C)cc1. The second-order valence-electron chi connectivity index (χ2n) is 11.6. The van der Waals surface area contributed by atoms with Crippen LogP contribution in [0.4, 0.5) is 10.1 Å². The maximum absolute atomic E-state index is 15.1. The van der Waals surface area contributed by atoms with E-state index in [0.29, 0.717) is 6.42 Å². The van der Waals surface area contributed by atoms with E-state index in [0.717, 1.165) is 21.0 Å². The van der Waals surface area contributed by atoms with Gasteiger partial charge in [0.2, 0.25) is 11.8 Å². The standard InChI is InChI=1S/C37H42FN3O5S/c1-6-28(4)39-37(43)34(23-29-12-8-7-9-13-29)40(24-30-14-10-11-15-32(30)38)36(42)25-41(33-22-27(3)18-21-35(33)46-5)47(44,45)31-19-16-26(2)17-20-31/h7-22,28,34H,6,23-25H2,1-5H3,(H,39,43)/t28-,34+/m0/s1. The number of ether oxygens (including phenoxy) is 1. The van der Waals surface area contributed by atoms with Gasteiger partial charge in [0.05, 0.1) is 17.7 Å². The number of hydrogen-bond donors (Lipinski definition) is 1. The minimum absolute atomic E-state index is 0.0181.